The molecule has 1 aliphatic rings. The van der Waals surface area contributed by atoms with E-state index in [-0.39, 0.29) is 31.0 Å². The summed E-state index contributed by atoms with van der Waals surface area (Å²) in [5.41, 5.74) is 0.875. The van der Waals surface area contributed by atoms with Crippen molar-refractivity contribution in [2.75, 3.05) is 6.61 Å². The molecule has 5 nitrogen and oxygen atoms in total. The molecule has 166 valence electrons. The summed E-state index contributed by atoms with van der Waals surface area (Å²) in [6.07, 6.45) is 4.20. The van der Waals surface area contributed by atoms with Crippen molar-refractivity contribution in [3.63, 3.8) is 0 Å². The molecule has 0 spiro atoms. The standard InChI is InChI=1S/C23H25BrCl2N2O3/c1-15(23(30)27-19-4-2-3-5-19)28(13-16-6-9-18(25)10-7-16)22(29)14-31-21-11-8-17(24)12-20(21)26/h6-12,15,19H,2-5,13-14H2,1H3,(H,27,30)/t15-/m1/s1. The summed E-state index contributed by atoms with van der Waals surface area (Å²) < 4.78 is 6.48. The predicted molar refractivity (Wildman–Crippen MR) is 127 cm³/mol. The third kappa shape index (κ3) is 6.86. The molecule has 0 heterocycles. The van der Waals surface area contributed by atoms with Crippen LogP contribution >= 0.6 is 39.1 Å². The molecule has 8 heteroatoms. The van der Waals surface area contributed by atoms with Crippen molar-refractivity contribution < 1.29 is 14.3 Å². The first-order chi connectivity index (χ1) is 14.8. The van der Waals surface area contributed by atoms with Crippen LogP contribution in [0.4, 0.5) is 0 Å². The van der Waals surface area contributed by atoms with Crippen LogP contribution in [0.5, 0.6) is 5.75 Å². The first kappa shape index (κ1) is 23.9. The molecule has 0 saturated heterocycles. The molecular weight excluding hydrogens is 503 g/mol. The third-order valence-corrected chi connectivity index (χ3v) is 6.42. The van der Waals surface area contributed by atoms with Crippen LogP contribution in [0.1, 0.15) is 38.2 Å². The van der Waals surface area contributed by atoms with Gasteiger partial charge in [0.2, 0.25) is 5.91 Å². The maximum Gasteiger partial charge on any atom is 0.261 e. The van der Waals surface area contributed by atoms with Gasteiger partial charge in [0.25, 0.3) is 5.91 Å². The Balaban J connectivity index is 1.72. The first-order valence-corrected chi connectivity index (χ1v) is 11.8. The molecule has 0 radical (unpaired) electrons. The topological polar surface area (TPSA) is 58.6 Å². The predicted octanol–water partition coefficient (Wildman–Crippen LogP) is 5.61. The Morgan fingerprint density at radius 3 is 2.48 bits per heavy atom. The zero-order chi connectivity index (χ0) is 22.4. The number of halogens is 3. The van der Waals surface area contributed by atoms with E-state index in [9.17, 15) is 9.59 Å². The summed E-state index contributed by atoms with van der Waals surface area (Å²) in [6.45, 7) is 1.79. The van der Waals surface area contributed by atoms with Crippen LogP contribution in [0.15, 0.2) is 46.9 Å². The van der Waals surface area contributed by atoms with Gasteiger partial charge in [-0.3, -0.25) is 9.59 Å². The second kappa shape index (κ2) is 11.2. The monoisotopic (exact) mass is 526 g/mol. The summed E-state index contributed by atoms with van der Waals surface area (Å²) in [4.78, 5) is 27.5. The molecule has 1 fully saturated rings. The smallest absolute Gasteiger partial charge is 0.261 e. The average molecular weight is 528 g/mol. The van der Waals surface area contributed by atoms with Gasteiger partial charge in [-0.2, -0.15) is 0 Å². The van der Waals surface area contributed by atoms with Crippen molar-refractivity contribution >= 4 is 50.9 Å². The van der Waals surface area contributed by atoms with Crippen LogP contribution in [0, 0.1) is 0 Å². The van der Waals surface area contributed by atoms with Gasteiger partial charge >= 0.3 is 0 Å². The third-order valence-electron chi connectivity index (χ3n) is 5.38. The lowest BCUT2D eigenvalue weighted by atomic mass is 10.1. The Morgan fingerprint density at radius 2 is 1.84 bits per heavy atom. The van der Waals surface area contributed by atoms with Crippen LogP contribution in [-0.4, -0.2) is 35.4 Å². The summed E-state index contributed by atoms with van der Waals surface area (Å²) in [5, 5.41) is 4.09. The number of carbonyl (C=O) groups is 2. The van der Waals surface area contributed by atoms with Gasteiger partial charge in [0.1, 0.15) is 11.8 Å². The van der Waals surface area contributed by atoms with Crippen molar-refractivity contribution in [1.82, 2.24) is 10.2 Å². The van der Waals surface area contributed by atoms with Crippen molar-refractivity contribution in [2.45, 2.75) is 51.2 Å². The maximum atomic E-state index is 13.1. The zero-order valence-electron chi connectivity index (χ0n) is 17.2. The van der Waals surface area contributed by atoms with Gasteiger partial charge in [-0.1, -0.05) is 64.1 Å². The fourth-order valence-electron chi connectivity index (χ4n) is 3.58. The minimum atomic E-state index is -0.646. The number of ether oxygens (including phenoxy) is 1. The fourth-order valence-corrected chi connectivity index (χ4v) is 4.43. The number of rotatable bonds is 8. The molecule has 1 aliphatic carbocycles. The molecule has 1 saturated carbocycles. The quantitative estimate of drug-likeness (QED) is 0.485. The van der Waals surface area contributed by atoms with E-state index < -0.39 is 6.04 Å². The van der Waals surface area contributed by atoms with Gasteiger partial charge in [-0.05, 0) is 55.7 Å². The Bertz CT molecular complexity index is 918. The van der Waals surface area contributed by atoms with Crippen molar-refractivity contribution in [1.29, 1.82) is 0 Å². The van der Waals surface area contributed by atoms with Crippen molar-refractivity contribution in [2.24, 2.45) is 0 Å². The summed E-state index contributed by atoms with van der Waals surface area (Å²) >= 11 is 15.5. The molecule has 0 aliphatic heterocycles. The molecule has 2 amide bonds. The average Bonchev–Trinajstić information content (AvgIpc) is 3.25. The fraction of sp³-hybridized carbons (Fsp3) is 0.391. The van der Waals surface area contributed by atoms with E-state index >= 15 is 0 Å². The highest BCUT2D eigenvalue weighted by Crippen LogP contribution is 2.28. The van der Waals surface area contributed by atoms with Crippen LogP contribution in [0.2, 0.25) is 10.0 Å². The number of benzene rings is 2. The van der Waals surface area contributed by atoms with E-state index in [4.69, 9.17) is 27.9 Å². The Labute approximate surface area is 201 Å². The Morgan fingerprint density at radius 1 is 1.16 bits per heavy atom. The van der Waals surface area contributed by atoms with Gasteiger partial charge in [-0.15, -0.1) is 0 Å². The molecule has 0 bridgehead atoms. The van der Waals surface area contributed by atoms with E-state index in [1.54, 1.807) is 37.3 Å². The number of carbonyl (C=O) groups excluding carboxylic acids is 2. The molecule has 2 aromatic carbocycles. The number of hydrogen-bond donors (Lipinski definition) is 1. The highest BCUT2D eigenvalue weighted by molar-refractivity contribution is 9.10. The lowest BCUT2D eigenvalue weighted by Crippen LogP contribution is -2.50. The van der Waals surface area contributed by atoms with E-state index in [0.717, 1.165) is 35.7 Å². The summed E-state index contributed by atoms with van der Waals surface area (Å²) in [5.74, 6) is -0.0494. The largest absolute Gasteiger partial charge is 0.482 e. The van der Waals surface area contributed by atoms with Crippen LogP contribution in [0.25, 0.3) is 0 Å². The molecular formula is C23H25BrCl2N2O3. The first-order valence-electron chi connectivity index (χ1n) is 10.3. The highest BCUT2D eigenvalue weighted by atomic mass is 79.9. The molecule has 3 rings (SSSR count). The second-order valence-corrected chi connectivity index (χ2v) is 9.44. The molecule has 0 aromatic heterocycles. The number of amides is 2. The number of nitrogens with one attached hydrogen (secondary N) is 1. The van der Waals surface area contributed by atoms with E-state index in [2.05, 4.69) is 21.2 Å². The van der Waals surface area contributed by atoms with E-state index in [0.29, 0.717) is 15.8 Å². The summed E-state index contributed by atoms with van der Waals surface area (Å²) in [7, 11) is 0. The molecule has 1 N–H and O–H groups in total. The van der Waals surface area contributed by atoms with Gasteiger partial charge in [0, 0.05) is 22.1 Å². The SMILES string of the molecule is C[C@H](C(=O)NC1CCCC1)N(Cc1ccc(Cl)cc1)C(=O)COc1ccc(Br)cc1Cl. The number of nitrogens with zero attached hydrogens (tertiary/aromatic N) is 1. The molecule has 1 atom stereocenters. The summed E-state index contributed by atoms with van der Waals surface area (Å²) in [6, 6.07) is 11.9. The molecule has 0 unspecified atom stereocenters. The van der Waals surface area contributed by atoms with Gasteiger partial charge < -0.3 is 15.0 Å². The van der Waals surface area contributed by atoms with Gasteiger partial charge in [-0.25, -0.2) is 0 Å². The lowest BCUT2D eigenvalue weighted by molar-refractivity contribution is -0.142. The van der Waals surface area contributed by atoms with Crippen LogP contribution in [0.3, 0.4) is 0 Å². The lowest BCUT2D eigenvalue weighted by Gasteiger charge is -2.29. The second-order valence-electron chi connectivity index (χ2n) is 7.68. The molecule has 31 heavy (non-hydrogen) atoms. The number of hydrogen-bond acceptors (Lipinski definition) is 3. The normalized spacial score (nSPS) is 14.8. The van der Waals surface area contributed by atoms with Gasteiger partial charge in [0.15, 0.2) is 6.61 Å². The Hall–Kier alpha value is -1.76. The molecule has 2 aromatic rings. The van der Waals surface area contributed by atoms with E-state index in [1.165, 1.54) is 4.90 Å². The van der Waals surface area contributed by atoms with Crippen molar-refractivity contribution in [3.8, 4) is 5.75 Å². The van der Waals surface area contributed by atoms with Gasteiger partial charge in [0.05, 0.1) is 5.02 Å². The highest BCUT2D eigenvalue weighted by Gasteiger charge is 2.28. The van der Waals surface area contributed by atoms with Crippen LogP contribution < -0.4 is 10.1 Å². The van der Waals surface area contributed by atoms with Crippen LogP contribution in [-0.2, 0) is 16.1 Å². The zero-order valence-corrected chi connectivity index (χ0v) is 20.3. The Kier molecular flexibility index (Phi) is 8.64. The minimum absolute atomic E-state index is 0.157. The minimum Gasteiger partial charge on any atom is -0.482 e. The maximum absolute atomic E-state index is 13.1. The van der Waals surface area contributed by atoms with Crippen molar-refractivity contribution in [3.05, 3.63) is 62.5 Å². The van der Waals surface area contributed by atoms with E-state index in [1.807, 2.05) is 12.1 Å².